The van der Waals surface area contributed by atoms with Crippen molar-refractivity contribution in [1.29, 1.82) is 0 Å². The molecule has 212 valence electrons. The smallest absolute Gasteiger partial charge is 0.431 e. The molecule has 3 saturated carbocycles. The first-order valence-electron chi connectivity index (χ1n) is 12.6. The molecule has 14 heteroatoms. The fraction of sp³-hybridized carbons (Fsp3) is 0.792. The molecule has 0 amide bonds. The predicted octanol–water partition coefficient (Wildman–Crippen LogP) is 3.28. The van der Waals surface area contributed by atoms with Gasteiger partial charge in [-0.3, -0.25) is 18.9 Å². The maximum absolute atomic E-state index is 13.8. The number of hydrogen-bond acceptors (Lipinski definition) is 8. The van der Waals surface area contributed by atoms with E-state index in [1.54, 1.807) is 0 Å². The summed E-state index contributed by atoms with van der Waals surface area (Å²) in [6, 6.07) is 0. The summed E-state index contributed by atoms with van der Waals surface area (Å²) in [6.45, 7) is 0.728. The van der Waals surface area contributed by atoms with Crippen molar-refractivity contribution in [2.24, 2.45) is 35.0 Å². The Morgan fingerprint density at radius 2 is 1.95 bits per heavy atom. The van der Waals surface area contributed by atoms with Crippen LogP contribution in [0, 0.1) is 35.0 Å². The lowest BCUT2D eigenvalue weighted by molar-refractivity contribution is -0.182. The maximum Gasteiger partial charge on any atom is 0.431 e. The Bertz CT molecular complexity index is 1190. The van der Waals surface area contributed by atoms with Gasteiger partial charge < -0.3 is 14.2 Å². The topological polar surface area (TPSA) is 133 Å². The van der Waals surface area contributed by atoms with Gasteiger partial charge in [-0.05, 0) is 44.4 Å². The van der Waals surface area contributed by atoms with Gasteiger partial charge in [-0.2, -0.15) is 26.0 Å². The van der Waals surface area contributed by atoms with Crippen LogP contribution in [0.4, 0.5) is 17.6 Å². The van der Waals surface area contributed by atoms with Gasteiger partial charge in [-0.15, -0.1) is 0 Å². The number of ether oxygens (including phenoxy) is 3. The molecule has 5 rings (SSSR count). The summed E-state index contributed by atoms with van der Waals surface area (Å²) in [6.07, 6.45) is 2.50. The van der Waals surface area contributed by atoms with Gasteiger partial charge in [0.05, 0.1) is 30.3 Å². The lowest BCUT2D eigenvalue weighted by atomic mass is 9.63. The van der Waals surface area contributed by atoms with Crippen molar-refractivity contribution in [2.45, 2.75) is 75.3 Å². The molecule has 4 bridgehead atoms. The molecular weight excluding hydrogens is 540 g/mol. The van der Waals surface area contributed by atoms with Crippen LogP contribution < -0.4 is 0 Å². The number of hydrogen-bond donors (Lipinski definition) is 1. The van der Waals surface area contributed by atoms with E-state index in [1.807, 2.05) is 6.92 Å². The number of carbonyl (C=O) groups excluding carboxylic acids is 3. The van der Waals surface area contributed by atoms with Gasteiger partial charge in [-0.1, -0.05) is 18.6 Å². The maximum atomic E-state index is 13.8. The molecule has 0 aromatic heterocycles. The second kappa shape index (κ2) is 8.90. The molecule has 1 heterocycles. The Morgan fingerprint density at radius 1 is 1.24 bits per heavy atom. The van der Waals surface area contributed by atoms with Crippen molar-refractivity contribution in [3.8, 4) is 0 Å². The number of fused-ring (bicyclic) bond motifs is 3. The van der Waals surface area contributed by atoms with E-state index in [9.17, 15) is 40.4 Å². The van der Waals surface area contributed by atoms with Crippen LogP contribution in [0.3, 0.4) is 0 Å². The molecule has 38 heavy (non-hydrogen) atoms. The molecule has 4 fully saturated rings. The van der Waals surface area contributed by atoms with Gasteiger partial charge >= 0.3 is 39.2 Å². The van der Waals surface area contributed by atoms with Crippen molar-refractivity contribution in [3.63, 3.8) is 0 Å². The summed E-state index contributed by atoms with van der Waals surface area (Å²) < 4.78 is 100. The minimum atomic E-state index is -6.42. The standard InChI is InChI=1S/C24H28F4O9S/c1-11-7-12-3-2-4-22(9-11,10-12)21(31)37-18-13-8-14-16(20(30)36-17(14)18)15(13)19(29)35-6-5-23(25,26)24(27,28)38(32,33)34/h7,11,13-18H,2-6,8-10H2,1H3,(H,32,33,34). The van der Waals surface area contributed by atoms with Crippen LogP contribution in [0.2, 0.25) is 0 Å². The zero-order valence-corrected chi connectivity index (χ0v) is 21.2. The first kappa shape index (κ1) is 27.4. The molecule has 1 saturated heterocycles. The highest BCUT2D eigenvalue weighted by atomic mass is 32.2. The van der Waals surface area contributed by atoms with Crippen molar-refractivity contribution in [1.82, 2.24) is 0 Å². The summed E-state index contributed by atoms with van der Waals surface area (Å²) in [5.41, 5.74) is 0.496. The molecule has 5 aliphatic rings. The Balaban J connectivity index is 1.27. The van der Waals surface area contributed by atoms with Crippen LogP contribution in [0.5, 0.6) is 0 Å². The minimum Gasteiger partial charge on any atom is -0.465 e. The first-order valence-corrected chi connectivity index (χ1v) is 14.0. The molecule has 4 aliphatic carbocycles. The Morgan fingerprint density at radius 3 is 2.63 bits per heavy atom. The molecule has 0 aromatic carbocycles. The average Bonchev–Trinajstić information content (AvgIpc) is 3.41. The van der Waals surface area contributed by atoms with Gasteiger partial charge in [0, 0.05) is 11.8 Å². The Labute approximate surface area is 216 Å². The van der Waals surface area contributed by atoms with Crippen molar-refractivity contribution >= 4 is 28.0 Å². The fourth-order valence-electron chi connectivity index (χ4n) is 7.34. The number of alkyl halides is 4. The monoisotopic (exact) mass is 568 g/mol. The number of halogens is 4. The Kier molecular flexibility index (Phi) is 6.41. The molecule has 0 radical (unpaired) electrons. The van der Waals surface area contributed by atoms with Crippen molar-refractivity contribution < 1.29 is 59.1 Å². The van der Waals surface area contributed by atoms with E-state index in [1.165, 1.54) is 5.57 Å². The summed E-state index contributed by atoms with van der Waals surface area (Å²) in [5, 5.41) is -5.79. The van der Waals surface area contributed by atoms with E-state index in [-0.39, 0.29) is 5.92 Å². The number of rotatable bonds is 8. The summed E-state index contributed by atoms with van der Waals surface area (Å²) >= 11 is 0. The molecule has 9 nitrogen and oxygen atoms in total. The van der Waals surface area contributed by atoms with Gasteiger partial charge in [0.1, 0.15) is 12.2 Å². The minimum absolute atomic E-state index is 0.189. The third kappa shape index (κ3) is 4.13. The van der Waals surface area contributed by atoms with E-state index in [0.29, 0.717) is 25.7 Å². The first-order chi connectivity index (χ1) is 17.6. The van der Waals surface area contributed by atoms with Gasteiger partial charge in [0.15, 0.2) is 0 Å². The van der Waals surface area contributed by atoms with E-state index in [0.717, 1.165) is 12.8 Å². The lowest BCUT2D eigenvalue weighted by Crippen LogP contribution is -2.48. The summed E-state index contributed by atoms with van der Waals surface area (Å²) in [7, 11) is -6.42. The number of allylic oxidation sites excluding steroid dienone is 2. The van der Waals surface area contributed by atoms with Crippen molar-refractivity contribution in [3.05, 3.63) is 11.6 Å². The zero-order chi connectivity index (χ0) is 27.8. The van der Waals surface area contributed by atoms with Crippen LogP contribution in [-0.4, -0.2) is 60.9 Å². The highest BCUT2D eigenvalue weighted by Gasteiger charge is 2.71. The molecule has 1 aliphatic heterocycles. The third-order valence-electron chi connectivity index (χ3n) is 8.86. The predicted molar refractivity (Wildman–Crippen MR) is 118 cm³/mol. The van der Waals surface area contributed by atoms with Crippen LogP contribution >= 0.6 is 0 Å². The highest BCUT2D eigenvalue weighted by Crippen LogP contribution is 2.60. The largest absolute Gasteiger partial charge is 0.465 e. The number of esters is 3. The van der Waals surface area contributed by atoms with E-state index < -0.39 is 93.5 Å². The average molecular weight is 569 g/mol. The summed E-state index contributed by atoms with van der Waals surface area (Å²) in [4.78, 5) is 38.9. The Hall–Kier alpha value is -2.22. The normalized spacial score (nSPS) is 38.0. The zero-order valence-electron chi connectivity index (χ0n) is 20.4. The second-order valence-electron chi connectivity index (χ2n) is 11.3. The van der Waals surface area contributed by atoms with E-state index in [4.69, 9.17) is 18.8 Å². The van der Waals surface area contributed by atoms with Crippen molar-refractivity contribution in [2.75, 3.05) is 6.61 Å². The lowest BCUT2D eigenvalue weighted by Gasteiger charge is -2.42. The van der Waals surface area contributed by atoms with Crippen LogP contribution in [0.1, 0.15) is 51.9 Å². The molecular formula is C24H28F4O9S. The molecule has 0 spiro atoms. The quantitative estimate of drug-likeness (QED) is 0.154. The molecule has 0 aromatic rings. The summed E-state index contributed by atoms with van der Waals surface area (Å²) in [5.74, 6) is -10.6. The van der Waals surface area contributed by atoms with E-state index >= 15 is 0 Å². The van der Waals surface area contributed by atoms with Gasteiger partial charge in [0.25, 0.3) is 0 Å². The highest BCUT2D eigenvalue weighted by molar-refractivity contribution is 7.87. The van der Waals surface area contributed by atoms with Crippen LogP contribution in [-0.2, 0) is 38.7 Å². The third-order valence-corrected chi connectivity index (χ3v) is 9.80. The fourth-order valence-corrected chi connectivity index (χ4v) is 7.82. The number of carbonyl (C=O) groups is 3. The molecule has 1 N–H and O–H groups in total. The molecule has 8 atom stereocenters. The van der Waals surface area contributed by atoms with E-state index in [2.05, 4.69) is 6.08 Å². The SMILES string of the molecule is CC1C=C2CCCC(C(=O)OC3C4CC5C3OC(=O)C5C4C(=O)OCCC(F)(F)C(F)(F)S(=O)(=O)O)(C2)C1. The van der Waals surface area contributed by atoms with Crippen LogP contribution in [0.25, 0.3) is 0 Å². The van der Waals surface area contributed by atoms with Gasteiger partial charge in [0.2, 0.25) is 0 Å². The molecule has 8 unspecified atom stereocenters. The van der Waals surface area contributed by atoms with Gasteiger partial charge in [-0.25, -0.2) is 0 Å². The second-order valence-corrected chi connectivity index (χ2v) is 12.8. The van der Waals surface area contributed by atoms with Crippen LogP contribution in [0.15, 0.2) is 11.6 Å².